The molecule has 0 bridgehead atoms. The standard InChI is InChI=1S/C14H19FN2O.C14H15FN2O.C13H15BrFNO.C7H3BrClFO/c2*15-13-8-10(9-16)6-7-12(13)14(18)17-11-4-2-1-3-5-11;14-9-6-7-11(12(15)8-9)13(17)16-10-4-2-1-3-5-10;8-4-1-2-5(7(9)11)6(10)3-4/h6-8,11H,1-5,9,16H2,(H,17,18);6-8,11H,1-5H2,(H,17,18);6-8,10H,1-5H2,(H,16,17);1-3H. The van der Waals surface area contributed by atoms with Crippen molar-refractivity contribution in [2.75, 3.05) is 0 Å². The van der Waals surface area contributed by atoms with Crippen molar-refractivity contribution in [1.29, 1.82) is 5.26 Å². The van der Waals surface area contributed by atoms with E-state index in [2.05, 4.69) is 47.8 Å². The van der Waals surface area contributed by atoms with E-state index < -0.39 is 28.5 Å². The Hall–Kier alpha value is -4.62. The Morgan fingerprint density at radius 1 is 0.547 bits per heavy atom. The van der Waals surface area contributed by atoms with Gasteiger partial charge in [0.15, 0.2) is 0 Å². The van der Waals surface area contributed by atoms with Crippen molar-refractivity contribution < 1.29 is 36.7 Å². The first kappa shape index (κ1) is 52.0. The molecule has 3 saturated carbocycles. The van der Waals surface area contributed by atoms with Gasteiger partial charge in [0.2, 0.25) is 0 Å². The summed E-state index contributed by atoms with van der Waals surface area (Å²) in [7, 11) is 0. The van der Waals surface area contributed by atoms with Crippen LogP contribution in [-0.4, -0.2) is 41.1 Å². The lowest BCUT2D eigenvalue weighted by Gasteiger charge is -2.22. The van der Waals surface area contributed by atoms with Crippen LogP contribution < -0.4 is 21.7 Å². The molecule has 9 nitrogen and oxygen atoms in total. The van der Waals surface area contributed by atoms with Gasteiger partial charge in [0.1, 0.15) is 23.3 Å². The highest BCUT2D eigenvalue weighted by Crippen LogP contribution is 2.22. The lowest BCUT2D eigenvalue weighted by molar-refractivity contribution is 0.0914. The minimum Gasteiger partial charge on any atom is -0.349 e. The zero-order valence-electron chi connectivity index (χ0n) is 35.3. The number of amides is 3. The van der Waals surface area contributed by atoms with Gasteiger partial charge in [0, 0.05) is 33.6 Å². The average molecular weight is 1030 g/mol. The van der Waals surface area contributed by atoms with E-state index in [9.17, 15) is 36.7 Å². The van der Waals surface area contributed by atoms with Gasteiger partial charge in [-0.3, -0.25) is 19.2 Å². The molecule has 3 fully saturated rings. The summed E-state index contributed by atoms with van der Waals surface area (Å²) < 4.78 is 54.9. The van der Waals surface area contributed by atoms with E-state index in [1.165, 1.54) is 67.8 Å². The first-order chi connectivity index (χ1) is 30.7. The maximum atomic E-state index is 13.7. The van der Waals surface area contributed by atoms with Crippen LogP contribution in [0.15, 0.2) is 81.7 Å². The number of nitrogens with zero attached hydrogens (tertiary/aromatic N) is 1. The molecular formula is C48H52Br2ClF4N5O4. The summed E-state index contributed by atoms with van der Waals surface area (Å²) in [4.78, 5) is 46.2. The van der Waals surface area contributed by atoms with E-state index in [4.69, 9.17) is 22.6 Å². The average Bonchev–Trinajstić information content (AvgIpc) is 3.27. The Labute approximate surface area is 393 Å². The molecule has 3 aliphatic rings. The number of carbonyl (C=O) groups is 4. The van der Waals surface area contributed by atoms with Crippen LogP contribution in [0.5, 0.6) is 0 Å². The second kappa shape index (κ2) is 27.0. The lowest BCUT2D eigenvalue weighted by Crippen LogP contribution is -2.36. The number of carbonyl (C=O) groups excluding carboxylic acids is 4. The largest absolute Gasteiger partial charge is 0.349 e. The van der Waals surface area contributed by atoms with Crippen LogP contribution in [0.4, 0.5) is 17.6 Å². The van der Waals surface area contributed by atoms with Crippen molar-refractivity contribution in [2.45, 2.75) is 121 Å². The van der Waals surface area contributed by atoms with E-state index in [0.29, 0.717) is 14.5 Å². The minimum atomic E-state index is -0.782. The van der Waals surface area contributed by atoms with Gasteiger partial charge >= 0.3 is 0 Å². The molecule has 0 aromatic heterocycles. The molecule has 7 rings (SSSR count). The van der Waals surface area contributed by atoms with Gasteiger partial charge in [-0.15, -0.1) is 0 Å². The fraction of sp³-hybridized carbons (Fsp3) is 0.396. The lowest BCUT2D eigenvalue weighted by atomic mass is 9.95. The summed E-state index contributed by atoms with van der Waals surface area (Å²) >= 11 is 11.3. The molecule has 5 N–H and O–H groups in total. The first-order valence-corrected chi connectivity index (χ1v) is 23.4. The summed E-state index contributed by atoms with van der Waals surface area (Å²) in [5, 5.41) is 16.5. The number of nitriles is 1. The van der Waals surface area contributed by atoms with Gasteiger partial charge in [-0.2, -0.15) is 5.26 Å². The molecule has 64 heavy (non-hydrogen) atoms. The fourth-order valence-electron chi connectivity index (χ4n) is 7.49. The molecule has 0 unspecified atom stereocenters. The second-order valence-corrected chi connectivity index (χ2v) is 17.9. The van der Waals surface area contributed by atoms with Crippen molar-refractivity contribution in [3.05, 3.63) is 138 Å². The number of halogens is 7. The molecule has 3 aliphatic carbocycles. The van der Waals surface area contributed by atoms with Crippen molar-refractivity contribution in [3.63, 3.8) is 0 Å². The summed E-state index contributed by atoms with van der Waals surface area (Å²) in [5.74, 6) is -3.23. The van der Waals surface area contributed by atoms with Crippen LogP contribution >= 0.6 is 43.5 Å². The highest BCUT2D eigenvalue weighted by molar-refractivity contribution is 9.10. The third-order valence-electron chi connectivity index (χ3n) is 11.0. The number of nitrogens with one attached hydrogen (secondary N) is 3. The number of rotatable bonds is 8. The van der Waals surface area contributed by atoms with Gasteiger partial charge in [-0.1, -0.05) is 95.7 Å². The Kier molecular flexibility index (Phi) is 21.9. The number of benzene rings is 4. The van der Waals surface area contributed by atoms with Crippen LogP contribution in [0.25, 0.3) is 0 Å². The molecule has 3 amide bonds. The van der Waals surface area contributed by atoms with Crippen LogP contribution in [0.2, 0.25) is 0 Å². The van der Waals surface area contributed by atoms with E-state index in [0.717, 1.165) is 83.1 Å². The highest BCUT2D eigenvalue weighted by atomic mass is 79.9. The molecule has 0 saturated heterocycles. The maximum Gasteiger partial charge on any atom is 0.255 e. The molecule has 0 atom stereocenters. The van der Waals surface area contributed by atoms with Crippen molar-refractivity contribution >= 4 is 66.4 Å². The zero-order valence-corrected chi connectivity index (χ0v) is 39.2. The molecule has 4 aromatic rings. The first-order valence-electron chi connectivity index (χ1n) is 21.4. The van der Waals surface area contributed by atoms with Crippen molar-refractivity contribution in [1.82, 2.24) is 16.0 Å². The van der Waals surface area contributed by atoms with E-state index in [-0.39, 0.29) is 70.2 Å². The SMILES string of the molecule is N#Cc1ccc(C(=O)NC2CCCCC2)c(F)c1.NCc1ccc(C(=O)NC2CCCCC2)c(F)c1.O=C(Cl)c1ccc(Br)cc1F.O=C(NC1CCCCC1)c1ccc(Br)cc1F. The fourth-order valence-corrected chi connectivity index (χ4v) is 8.31. The molecule has 4 aromatic carbocycles. The minimum absolute atomic E-state index is 0.0135. The molecule has 0 radical (unpaired) electrons. The van der Waals surface area contributed by atoms with E-state index >= 15 is 0 Å². The van der Waals surface area contributed by atoms with Crippen molar-refractivity contribution in [3.8, 4) is 6.07 Å². The highest BCUT2D eigenvalue weighted by Gasteiger charge is 2.21. The zero-order chi connectivity index (χ0) is 46.6. The third-order valence-corrected chi connectivity index (χ3v) is 12.2. The van der Waals surface area contributed by atoms with E-state index in [1.54, 1.807) is 18.2 Å². The van der Waals surface area contributed by atoms with Crippen molar-refractivity contribution in [2.24, 2.45) is 5.73 Å². The number of nitrogens with two attached hydrogens (primary N) is 1. The van der Waals surface area contributed by atoms with E-state index in [1.807, 2.05) is 6.07 Å². The Balaban J connectivity index is 0.000000190. The van der Waals surface area contributed by atoms with Crippen LogP contribution in [0, 0.1) is 34.6 Å². The maximum absolute atomic E-state index is 13.7. The van der Waals surface area contributed by atoms with Gasteiger partial charge in [-0.25, -0.2) is 17.6 Å². The molecule has 342 valence electrons. The van der Waals surface area contributed by atoms with Crippen LogP contribution in [0.1, 0.15) is 149 Å². The van der Waals surface area contributed by atoms with Gasteiger partial charge < -0.3 is 21.7 Å². The predicted molar refractivity (Wildman–Crippen MR) is 247 cm³/mol. The Bertz CT molecular complexity index is 2260. The van der Waals surface area contributed by atoms with Gasteiger partial charge in [0.25, 0.3) is 23.0 Å². The Morgan fingerprint density at radius 2 is 0.891 bits per heavy atom. The number of hydrogen-bond donors (Lipinski definition) is 4. The molecule has 16 heteroatoms. The number of hydrogen-bond acceptors (Lipinski definition) is 6. The topological polar surface area (TPSA) is 154 Å². The molecule has 0 spiro atoms. The van der Waals surface area contributed by atoms with Gasteiger partial charge in [0.05, 0.1) is 33.9 Å². The summed E-state index contributed by atoms with van der Waals surface area (Å²) in [6.07, 6.45) is 16.4. The normalized spacial score (nSPS) is 15.3. The monoisotopic (exact) mass is 1030 g/mol. The molecule has 0 heterocycles. The summed E-state index contributed by atoms with van der Waals surface area (Å²) in [6.45, 7) is 0.279. The second-order valence-electron chi connectivity index (χ2n) is 15.8. The molecular weight excluding hydrogens is 982 g/mol. The predicted octanol–water partition coefficient (Wildman–Crippen LogP) is 11.7. The summed E-state index contributed by atoms with van der Waals surface area (Å²) in [5.41, 5.74) is 6.49. The molecule has 0 aliphatic heterocycles. The third kappa shape index (κ3) is 17.1. The smallest absolute Gasteiger partial charge is 0.255 e. The van der Waals surface area contributed by atoms with Crippen LogP contribution in [0.3, 0.4) is 0 Å². The summed E-state index contributed by atoms with van der Waals surface area (Å²) in [6, 6.07) is 19.4. The quantitative estimate of drug-likeness (QED) is 0.102. The Morgan fingerprint density at radius 3 is 1.22 bits per heavy atom. The van der Waals surface area contributed by atoms with Gasteiger partial charge in [-0.05, 0) is 122 Å². The van der Waals surface area contributed by atoms with Crippen LogP contribution in [-0.2, 0) is 6.54 Å².